The second-order valence-corrected chi connectivity index (χ2v) is 3.09. The van der Waals surface area contributed by atoms with Gasteiger partial charge in [-0.15, -0.1) is 12.4 Å². The molecule has 0 spiro atoms. The van der Waals surface area contributed by atoms with Gasteiger partial charge in [-0.2, -0.15) is 0 Å². The lowest BCUT2D eigenvalue weighted by Gasteiger charge is -2.02. The number of carbonyl (C=O) groups is 1. The van der Waals surface area contributed by atoms with Crippen LogP contribution in [0.15, 0.2) is 22.7 Å². The third kappa shape index (κ3) is 3.22. The molecule has 0 atom stereocenters. The fourth-order valence-corrected chi connectivity index (χ4v) is 1.29. The third-order valence-electron chi connectivity index (χ3n) is 1.31. The summed E-state index contributed by atoms with van der Waals surface area (Å²) in [6.07, 6.45) is 0. The largest absolute Gasteiger partial charge is 0.478 e. The first kappa shape index (κ1) is 12.2. The summed E-state index contributed by atoms with van der Waals surface area (Å²) in [5.41, 5.74) is 3.12. The molecule has 0 aliphatic carbocycles. The zero-order valence-electron chi connectivity index (χ0n) is 6.45. The quantitative estimate of drug-likeness (QED) is 0.565. The Labute approximate surface area is 89.6 Å². The van der Waals surface area contributed by atoms with Gasteiger partial charge in [0.25, 0.3) is 0 Å². The number of nitrogens with one attached hydrogen (secondary N) is 1. The summed E-state index contributed by atoms with van der Waals surface area (Å²) < 4.78 is 0.676. The van der Waals surface area contributed by atoms with Crippen molar-refractivity contribution in [1.29, 1.82) is 0 Å². The Morgan fingerprint density at radius 2 is 2.08 bits per heavy atom. The lowest BCUT2D eigenvalue weighted by molar-refractivity contribution is 0.0697. The molecular formula is C7H8BrClN2O2. The second kappa shape index (κ2) is 5.06. The van der Waals surface area contributed by atoms with Gasteiger partial charge < -0.3 is 10.5 Å². The maximum Gasteiger partial charge on any atom is 0.335 e. The van der Waals surface area contributed by atoms with Crippen molar-refractivity contribution >= 4 is 40.0 Å². The van der Waals surface area contributed by atoms with Gasteiger partial charge >= 0.3 is 5.97 Å². The maximum atomic E-state index is 10.5. The van der Waals surface area contributed by atoms with Gasteiger partial charge in [0.05, 0.1) is 11.3 Å². The maximum absolute atomic E-state index is 10.5. The van der Waals surface area contributed by atoms with Gasteiger partial charge in [0.2, 0.25) is 0 Å². The number of rotatable bonds is 2. The van der Waals surface area contributed by atoms with Crippen LogP contribution in [-0.4, -0.2) is 11.1 Å². The first-order valence-corrected chi connectivity index (χ1v) is 3.93. The number of carboxylic acid groups (broad SMARTS) is 1. The summed E-state index contributed by atoms with van der Waals surface area (Å²) in [5, 5.41) is 8.64. The molecule has 1 aromatic rings. The summed E-state index contributed by atoms with van der Waals surface area (Å²) in [6, 6.07) is 4.64. The Kier molecular flexibility index (Phi) is 4.76. The van der Waals surface area contributed by atoms with E-state index < -0.39 is 5.97 Å². The monoisotopic (exact) mass is 266 g/mol. The minimum atomic E-state index is -0.979. The summed E-state index contributed by atoms with van der Waals surface area (Å²) in [7, 11) is 0. The van der Waals surface area contributed by atoms with E-state index in [0.29, 0.717) is 10.2 Å². The van der Waals surface area contributed by atoms with E-state index >= 15 is 0 Å². The highest BCUT2D eigenvalue weighted by atomic mass is 79.9. The Morgan fingerprint density at radius 3 is 2.54 bits per heavy atom. The van der Waals surface area contributed by atoms with Crippen molar-refractivity contribution < 1.29 is 9.90 Å². The van der Waals surface area contributed by atoms with Crippen LogP contribution in [0, 0.1) is 0 Å². The van der Waals surface area contributed by atoms with Crippen molar-refractivity contribution in [3.8, 4) is 0 Å². The topological polar surface area (TPSA) is 75.3 Å². The highest BCUT2D eigenvalue weighted by Gasteiger charge is 2.04. The van der Waals surface area contributed by atoms with Crippen molar-refractivity contribution in [3.05, 3.63) is 28.2 Å². The Balaban J connectivity index is 0.00000144. The van der Waals surface area contributed by atoms with Gasteiger partial charge in [0.1, 0.15) is 0 Å². The van der Waals surface area contributed by atoms with Crippen molar-refractivity contribution in [2.24, 2.45) is 5.84 Å². The van der Waals surface area contributed by atoms with Crippen LogP contribution >= 0.6 is 28.3 Å². The average molecular weight is 268 g/mol. The number of halogens is 2. The molecule has 0 bridgehead atoms. The molecule has 0 aliphatic rings. The number of hydrogen-bond donors (Lipinski definition) is 3. The van der Waals surface area contributed by atoms with Gasteiger partial charge in [-0.3, -0.25) is 5.84 Å². The molecule has 4 nitrogen and oxygen atoms in total. The van der Waals surface area contributed by atoms with Crippen molar-refractivity contribution in [3.63, 3.8) is 0 Å². The van der Waals surface area contributed by atoms with E-state index in [1.54, 1.807) is 6.07 Å². The highest BCUT2D eigenvalue weighted by molar-refractivity contribution is 9.10. The van der Waals surface area contributed by atoms with Crippen LogP contribution in [0.1, 0.15) is 10.4 Å². The minimum absolute atomic E-state index is 0. The van der Waals surface area contributed by atoms with E-state index in [0.717, 1.165) is 0 Å². The Morgan fingerprint density at radius 1 is 1.46 bits per heavy atom. The van der Waals surface area contributed by atoms with Crippen LogP contribution in [0.3, 0.4) is 0 Å². The zero-order valence-corrected chi connectivity index (χ0v) is 8.85. The molecule has 0 saturated heterocycles. The van der Waals surface area contributed by atoms with E-state index in [1.807, 2.05) is 0 Å². The molecule has 0 fully saturated rings. The first-order valence-electron chi connectivity index (χ1n) is 3.14. The van der Waals surface area contributed by atoms with Crippen molar-refractivity contribution in [2.75, 3.05) is 5.43 Å². The van der Waals surface area contributed by atoms with E-state index in [2.05, 4.69) is 21.4 Å². The lowest BCUT2D eigenvalue weighted by Crippen LogP contribution is -2.08. The molecule has 1 rings (SSSR count). The summed E-state index contributed by atoms with van der Waals surface area (Å²) in [5.74, 6) is 4.15. The molecule has 13 heavy (non-hydrogen) atoms. The molecular weight excluding hydrogens is 259 g/mol. The Bertz CT molecular complexity index is 319. The van der Waals surface area contributed by atoms with Crippen LogP contribution in [0.4, 0.5) is 5.69 Å². The SMILES string of the molecule is Cl.NNc1cc(Br)cc(C(=O)O)c1. The van der Waals surface area contributed by atoms with Gasteiger partial charge in [-0.25, -0.2) is 4.79 Å². The second-order valence-electron chi connectivity index (χ2n) is 2.18. The number of carboxylic acids is 1. The lowest BCUT2D eigenvalue weighted by atomic mass is 10.2. The number of aromatic carboxylic acids is 1. The molecule has 72 valence electrons. The van der Waals surface area contributed by atoms with Crippen LogP contribution < -0.4 is 11.3 Å². The standard InChI is InChI=1S/C7H7BrN2O2.ClH/c8-5-1-4(7(11)12)2-6(3-5)10-9;/h1-3,10H,9H2,(H,11,12);1H. The van der Waals surface area contributed by atoms with Crippen LogP contribution in [0.25, 0.3) is 0 Å². The first-order chi connectivity index (χ1) is 5.63. The summed E-state index contributed by atoms with van der Waals surface area (Å²) >= 11 is 3.16. The van der Waals surface area contributed by atoms with Crippen LogP contribution in [0.2, 0.25) is 0 Å². The van der Waals surface area contributed by atoms with E-state index in [4.69, 9.17) is 10.9 Å². The average Bonchev–Trinajstić information content (AvgIpc) is 2.03. The van der Waals surface area contributed by atoms with Gasteiger partial charge in [0.15, 0.2) is 0 Å². The van der Waals surface area contributed by atoms with Crippen molar-refractivity contribution in [1.82, 2.24) is 0 Å². The predicted molar refractivity (Wildman–Crippen MR) is 56.2 cm³/mol. The molecule has 0 heterocycles. The number of nitrogens with two attached hydrogens (primary N) is 1. The zero-order chi connectivity index (χ0) is 9.14. The minimum Gasteiger partial charge on any atom is -0.478 e. The molecule has 0 aliphatic heterocycles. The molecule has 6 heteroatoms. The molecule has 0 unspecified atom stereocenters. The normalized spacial score (nSPS) is 8.77. The number of nitrogen functional groups attached to an aromatic ring is 1. The predicted octanol–water partition coefficient (Wildman–Crippen LogP) is 1.85. The molecule has 0 saturated carbocycles. The molecule has 4 N–H and O–H groups in total. The van der Waals surface area contributed by atoms with E-state index in [9.17, 15) is 4.79 Å². The molecule has 1 aromatic carbocycles. The number of hydrogen-bond acceptors (Lipinski definition) is 3. The smallest absolute Gasteiger partial charge is 0.335 e. The van der Waals surface area contributed by atoms with E-state index in [1.165, 1.54) is 12.1 Å². The molecule has 0 aromatic heterocycles. The summed E-state index contributed by atoms with van der Waals surface area (Å²) in [4.78, 5) is 10.5. The van der Waals surface area contributed by atoms with Gasteiger partial charge in [0, 0.05) is 4.47 Å². The summed E-state index contributed by atoms with van der Waals surface area (Å²) in [6.45, 7) is 0. The van der Waals surface area contributed by atoms with E-state index in [-0.39, 0.29) is 18.0 Å². The fraction of sp³-hybridized carbons (Fsp3) is 0. The third-order valence-corrected chi connectivity index (χ3v) is 1.77. The van der Waals surface area contributed by atoms with Crippen molar-refractivity contribution in [2.45, 2.75) is 0 Å². The fourth-order valence-electron chi connectivity index (χ4n) is 0.796. The number of benzene rings is 1. The molecule has 0 amide bonds. The number of hydrazine groups is 1. The van der Waals surface area contributed by atoms with Gasteiger partial charge in [-0.05, 0) is 18.2 Å². The highest BCUT2D eigenvalue weighted by Crippen LogP contribution is 2.18. The number of anilines is 1. The van der Waals surface area contributed by atoms with Crippen LogP contribution in [-0.2, 0) is 0 Å². The Hall–Kier alpha value is -0.780. The van der Waals surface area contributed by atoms with Crippen LogP contribution in [0.5, 0.6) is 0 Å². The molecule has 0 radical (unpaired) electrons. The van der Waals surface area contributed by atoms with Gasteiger partial charge in [-0.1, -0.05) is 15.9 Å².